The Hall–Kier alpha value is -3.76. The van der Waals surface area contributed by atoms with Crippen LogP contribution >= 0.6 is 0 Å². The van der Waals surface area contributed by atoms with Gasteiger partial charge in [-0.3, -0.25) is 19.3 Å². The van der Waals surface area contributed by atoms with Crippen molar-refractivity contribution in [2.24, 2.45) is 0 Å². The minimum Gasteiger partial charge on any atom is -0.325 e. The standard InChI is InChI=1S/C23H19F4N3O4/c1-13(23(25,26)27)29(11-14-6-8-15(24)9-7-14)19(32)12-30-20(33)22(28-21(30)34)10-18(31)16-4-2-3-5-17(16)22/h2-9,13H,10-12H2,1H3,(H,28,34)/t13-,22?/m0/s1. The van der Waals surface area contributed by atoms with Crippen LogP contribution in [-0.2, 0) is 21.7 Å². The number of hydrogen-bond donors (Lipinski definition) is 1. The molecule has 1 saturated heterocycles. The number of urea groups is 1. The van der Waals surface area contributed by atoms with Gasteiger partial charge in [-0.1, -0.05) is 36.4 Å². The van der Waals surface area contributed by atoms with Crippen LogP contribution in [0.3, 0.4) is 0 Å². The maximum atomic E-state index is 13.5. The molecule has 4 amide bonds. The average molecular weight is 477 g/mol. The highest BCUT2D eigenvalue weighted by molar-refractivity contribution is 6.16. The third-order valence-electron chi connectivity index (χ3n) is 6.11. The number of nitrogens with one attached hydrogen (secondary N) is 1. The van der Waals surface area contributed by atoms with Gasteiger partial charge in [-0.05, 0) is 30.2 Å². The molecule has 1 aliphatic carbocycles. The van der Waals surface area contributed by atoms with Gasteiger partial charge in [0.2, 0.25) is 5.91 Å². The number of rotatable bonds is 5. The highest BCUT2D eigenvalue weighted by Gasteiger charge is 2.58. The second kappa shape index (κ2) is 8.23. The zero-order valence-corrected chi connectivity index (χ0v) is 17.9. The van der Waals surface area contributed by atoms with E-state index in [0.717, 1.165) is 19.1 Å². The topological polar surface area (TPSA) is 86.8 Å². The van der Waals surface area contributed by atoms with Crippen LogP contribution in [0, 0.1) is 5.82 Å². The predicted octanol–water partition coefficient (Wildman–Crippen LogP) is 3.14. The van der Waals surface area contributed by atoms with Crippen molar-refractivity contribution in [1.29, 1.82) is 0 Å². The number of amides is 4. The van der Waals surface area contributed by atoms with E-state index in [4.69, 9.17) is 0 Å². The van der Waals surface area contributed by atoms with Gasteiger partial charge < -0.3 is 10.2 Å². The van der Waals surface area contributed by atoms with E-state index in [9.17, 15) is 36.7 Å². The number of ketones is 1. The molecule has 0 aromatic heterocycles. The van der Waals surface area contributed by atoms with E-state index in [1.165, 1.54) is 24.3 Å². The minimum absolute atomic E-state index is 0.231. The third kappa shape index (κ3) is 3.91. The van der Waals surface area contributed by atoms with Crippen LogP contribution in [0.15, 0.2) is 48.5 Å². The van der Waals surface area contributed by atoms with Gasteiger partial charge >= 0.3 is 12.2 Å². The van der Waals surface area contributed by atoms with E-state index in [-0.39, 0.29) is 28.9 Å². The van der Waals surface area contributed by atoms with E-state index in [1.807, 2.05) is 0 Å². The predicted molar refractivity (Wildman–Crippen MR) is 110 cm³/mol. The molecule has 11 heteroatoms. The van der Waals surface area contributed by atoms with Crippen molar-refractivity contribution < 1.29 is 36.7 Å². The van der Waals surface area contributed by atoms with Crippen LogP contribution in [-0.4, -0.2) is 52.2 Å². The van der Waals surface area contributed by atoms with Crippen LogP contribution in [0.5, 0.6) is 0 Å². The van der Waals surface area contributed by atoms with Crippen molar-refractivity contribution in [3.8, 4) is 0 Å². The minimum atomic E-state index is -4.79. The quantitative estimate of drug-likeness (QED) is 0.530. The number of halogens is 4. The van der Waals surface area contributed by atoms with Gasteiger partial charge in [-0.2, -0.15) is 13.2 Å². The van der Waals surface area contributed by atoms with E-state index >= 15 is 0 Å². The van der Waals surface area contributed by atoms with Crippen LogP contribution < -0.4 is 5.32 Å². The molecule has 0 radical (unpaired) electrons. The smallest absolute Gasteiger partial charge is 0.325 e. The van der Waals surface area contributed by atoms with Crippen molar-refractivity contribution in [2.75, 3.05) is 6.54 Å². The zero-order chi connectivity index (χ0) is 24.8. The fourth-order valence-electron chi connectivity index (χ4n) is 4.23. The Balaban J connectivity index is 1.60. The molecule has 1 unspecified atom stereocenters. The summed E-state index contributed by atoms with van der Waals surface area (Å²) in [6.07, 6.45) is -5.13. The van der Waals surface area contributed by atoms with Crippen molar-refractivity contribution in [3.63, 3.8) is 0 Å². The Morgan fingerprint density at radius 1 is 1.12 bits per heavy atom. The van der Waals surface area contributed by atoms with E-state index in [1.54, 1.807) is 12.1 Å². The molecule has 0 saturated carbocycles. The second-order valence-electron chi connectivity index (χ2n) is 8.24. The Bertz CT molecular complexity index is 1180. The van der Waals surface area contributed by atoms with Crippen molar-refractivity contribution in [2.45, 2.75) is 37.6 Å². The first-order chi connectivity index (χ1) is 15.9. The number of hydrogen-bond acceptors (Lipinski definition) is 4. The molecule has 2 aromatic carbocycles. The summed E-state index contributed by atoms with van der Waals surface area (Å²) in [6, 6.07) is 7.55. The van der Waals surface area contributed by atoms with Crippen LogP contribution in [0.1, 0.15) is 34.8 Å². The summed E-state index contributed by atoms with van der Waals surface area (Å²) in [4.78, 5) is 52.2. The fourth-order valence-corrected chi connectivity index (χ4v) is 4.23. The summed E-state index contributed by atoms with van der Waals surface area (Å²) >= 11 is 0. The molecule has 34 heavy (non-hydrogen) atoms. The lowest BCUT2D eigenvalue weighted by Gasteiger charge is -2.32. The Kier molecular flexibility index (Phi) is 5.66. The summed E-state index contributed by atoms with van der Waals surface area (Å²) in [5.74, 6) is -2.99. The second-order valence-corrected chi connectivity index (χ2v) is 8.24. The lowest BCUT2D eigenvalue weighted by atomic mass is 9.92. The third-order valence-corrected chi connectivity index (χ3v) is 6.11. The lowest BCUT2D eigenvalue weighted by molar-refractivity contribution is -0.187. The van der Waals surface area contributed by atoms with Gasteiger partial charge in [0.1, 0.15) is 18.4 Å². The molecule has 2 atom stereocenters. The molecule has 0 bridgehead atoms. The van der Waals surface area contributed by atoms with E-state index < -0.39 is 54.5 Å². The number of carbonyl (C=O) groups excluding carboxylic acids is 4. The molecule has 1 aliphatic heterocycles. The van der Waals surface area contributed by atoms with Crippen LogP contribution in [0.4, 0.5) is 22.4 Å². The number of carbonyl (C=O) groups is 4. The first-order valence-corrected chi connectivity index (χ1v) is 10.3. The molecule has 2 aliphatic rings. The molecule has 4 rings (SSSR count). The monoisotopic (exact) mass is 477 g/mol. The summed E-state index contributed by atoms with van der Waals surface area (Å²) in [6.45, 7) is -0.693. The summed E-state index contributed by atoms with van der Waals surface area (Å²) in [5.41, 5.74) is -0.925. The van der Waals surface area contributed by atoms with Gasteiger partial charge in [0, 0.05) is 18.5 Å². The van der Waals surface area contributed by atoms with Gasteiger partial charge in [-0.25, -0.2) is 9.18 Å². The largest absolute Gasteiger partial charge is 0.408 e. The highest BCUT2D eigenvalue weighted by Crippen LogP contribution is 2.41. The Morgan fingerprint density at radius 3 is 2.41 bits per heavy atom. The maximum Gasteiger partial charge on any atom is 0.408 e. The summed E-state index contributed by atoms with van der Waals surface area (Å²) < 4.78 is 53.7. The maximum absolute atomic E-state index is 13.5. The van der Waals surface area contributed by atoms with Crippen molar-refractivity contribution in [3.05, 3.63) is 71.0 Å². The number of fused-ring (bicyclic) bond motifs is 2. The van der Waals surface area contributed by atoms with Gasteiger partial charge in [-0.15, -0.1) is 0 Å². The zero-order valence-electron chi connectivity index (χ0n) is 17.9. The SMILES string of the molecule is C[C@H](N(Cc1ccc(F)cc1)C(=O)CN1C(=O)NC2(CC(=O)c3ccccc32)C1=O)C(F)(F)F. The summed E-state index contributed by atoms with van der Waals surface area (Å²) in [7, 11) is 0. The first kappa shape index (κ1) is 23.4. The number of nitrogens with zero attached hydrogens (tertiary/aromatic N) is 2. The Morgan fingerprint density at radius 2 is 1.76 bits per heavy atom. The number of imide groups is 1. The van der Waals surface area contributed by atoms with Crippen molar-refractivity contribution >= 4 is 23.6 Å². The highest BCUT2D eigenvalue weighted by atomic mass is 19.4. The first-order valence-electron chi connectivity index (χ1n) is 10.3. The Labute approximate surface area is 191 Å². The molecule has 1 spiro atoms. The fraction of sp³-hybridized carbons (Fsp3) is 0.304. The molecule has 7 nitrogen and oxygen atoms in total. The van der Waals surface area contributed by atoms with Gasteiger partial charge in [0.15, 0.2) is 11.3 Å². The van der Waals surface area contributed by atoms with Crippen LogP contribution in [0.25, 0.3) is 0 Å². The van der Waals surface area contributed by atoms with Crippen LogP contribution in [0.2, 0.25) is 0 Å². The lowest BCUT2D eigenvalue weighted by Crippen LogP contribution is -2.51. The molecule has 1 heterocycles. The molecule has 1 N–H and O–H groups in total. The van der Waals surface area contributed by atoms with Crippen molar-refractivity contribution in [1.82, 2.24) is 15.1 Å². The number of benzene rings is 2. The molecular formula is C23H19F4N3O4. The molecule has 178 valence electrons. The molecule has 2 aromatic rings. The van der Waals surface area contributed by atoms with Gasteiger partial charge in [0.25, 0.3) is 5.91 Å². The van der Waals surface area contributed by atoms with Gasteiger partial charge in [0.05, 0.1) is 0 Å². The number of alkyl halides is 3. The van der Waals surface area contributed by atoms with E-state index in [2.05, 4.69) is 5.32 Å². The average Bonchev–Trinajstić information content (AvgIpc) is 3.20. The number of Topliss-reactive ketones (excluding diaryl/α,β-unsaturated/α-hetero) is 1. The summed E-state index contributed by atoms with van der Waals surface area (Å²) in [5, 5.41) is 2.46. The molecular weight excluding hydrogens is 458 g/mol. The normalized spacial score (nSPS) is 20.5. The molecule has 1 fully saturated rings. The van der Waals surface area contributed by atoms with E-state index in [0.29, 0.717) is 9.80 Å².